The number of thioether (sulfide) groups is 1. The molecule has 0 aromatic heterocycles. The first-order chi connectivity index (χ1) is 10.8. The summed E-state index contributed by atoms with van der Waals surface area (Å²) in [7, 11) is 0.605. The Labute approximate surface area is 146 Å². The number of benzene rings is 1. The molecule has 2 heteroatoms. The second-order valence-corrected chi connectivity index (χ2v) is 9.53. The van der Waals surface area contributed by atoms with Gasteiger partial charge in [0.2, 0.25) is 0 Å². The van der Waals surface area contributed by atoms with Crippen molar-refractivity contribution in [1.82, 2.24) is 0 Å². The molecule has 0 saturated heterocycles. The van der Waals surface area contributed by atoms with E-state index in [1.165, 1.54) is 72.9 Å². The summed E-state index contributed by atoms with van der Waals surface area (Å²) in [6.45, 7) is 6.89. The van der Waals surface area contributed by atoms with Gasteiger partial charge in [-0.15, -0.1) is 0 Å². The molecule has 0 amide bonds. The molecule has 0 bridgehead atoms. The molecule has 0 radical (unpaired) electrons. The normalized spacial score (nSPS) is 11.3. The first-order valence-electron chi connectivity index (χ1n) is 9.09. The molecule has 1 aromatic carbocycles. The molecule has 0 nitrogen and oxygen atoms in total. The molecule has 0 heterocycles. The van der Waals surface area contributed by atoms with E-state index in [0.717, 1.165) is 0 Å². The van der Waals surface area contributed by atoms with Gasteiger partial charge in [-0.25, -0.2) is 0 Å². The predicted molar refractivity (Wildman–Crippen MR) is 108 cm³/mol. The van der Waals surface area contributed by atoms with Gasteiger partial charge in [0, 0.05) is 11.3 Å². The van der Waals surface area contributed by atoms with Gasteiger partial charge in [0.25, 0.3) is 0 Å². The average molecular weight is 340 g/mol. The molecule has 1 rings (SSSR count). The average Bonchev–Trinajstić information content (AvgIpc) is 2.55. The molecule has 0 spiro atoms. The minimum atomic E-state index is 0.605. The lowest BCUT2D eigenvalue weighted by molar-refractivity contribution is 0.870. The first-order valence-corrected chi connectivity index (χ1v) is 12.0. The van der Waals surface area contributed by atoms with E-state index >= 15 is 0 Å². The molecule has 0 N–H and O–H groups in total. The van der Waals surface area contributed by atoms with Crippen molar-refractivity contribution in [3.05, 3.63) is 35.4 Å². The lowest BCUT2D eigenvalue weighted by Crippen LogP contribution is -2.15. The highest BCUT2D eigenvalue weighted by Crippen LogP contribution is 2.17. The summed E-state index contributed by atoms with van der Waals surface area (Å²) in [6, 6.07) is 9.48. The van der Waals surface area contributed by atoms with Crippen molar-refractivity contribution in [2.45, 2.75) is 70.8 Å². The summed E-state index contributed by atoms with van der Waals surface area (Å²) in [5, 5.41) is 0. The largest absolute Gasteiger partial charge is 0.157 e. The number of unbranched alkanes of at least 4 members (excludes halogenated alkanes) is 3. The van der Waals surface area contributed by atoms with Crippen LogP contribution < -0.4 is 0 Å². The zero-order valence-electron chi connectivity index (χ0n) is 14.9. The Morgan fingerprint density at radius 2 is 1.32 bits per heavy atom. The number of rotatable bonds is 13. The minimum Gasteiger partial charge on any atom is -0.157 e. The fraction of sp³-hybridized carbons (Fsp3) is 0.700. The fourth-order valence-corrected chi connectivity index (χ4v) is 5.96. The number of hydrogen-bond acceptors (Lipinski definition) is 1. The van der Waals surface area contributed by atoms with E-state index in [0.29, 0.717) is 10.9 Å². The molecule has 0 aliphatic carbocycles. The van der Waals surface area contributed by atoms with Gasteiger partial charge in [0.05, 0.1) is 0 Å². The van der Waals surface area contributed by atoms with Crippen LogP contribution in [0.5, 0.6) is 0 Å². The molecule has 0 aliphatic rings. The quantitative estimate of drug-likeness (QED) is 0.294. The van der Waals surface area contributed by atoms with Crippen LogP contribution >= 0.6 is 11.8 Å². The molecular formula is C20H35S2+. The van der Waals surface area contributed by atoms with Gasteiger partial charge in [-0.2, -0.15) is 11.8 Å². The van der Waals surface area contributed by atoms with Crippen LogP contribution in [0.15, 0.2) is 24.3 Å². The van der Waals surface area contributed by atoms with Crippen molar-refractivity contribution in [2.24, 2.45) is 0 Å². The maximum absolute atomic E-state index is 2.38. The van der Waals surface area contributed by atoms with Crippen LogP contribution in [0.3, 0.4) is 0 Å². The third-order valence-corrected chi connectivity index (χ3v) is 7.47. The lowest BCUT2D eigenvalue weighted by Gasteiger charge is -2.09. The molecule has 1 aromatic rings. The summed E-state index contributed by atoms with van der Waals surface area (Å²) in [5.74, 6) is 6.66. The maximum Gasteiger partial charge on any atom is 0.133 e. The van der Waals surface area contributed by atoms with Crippen LogP contribution in [0.2, 0.25) is 0 Å². The SMILES string of the molecule is CCCCSCc1ccc(C[S+](CCCC)CCCC)cc1. The van der Waals surface area contributed by atoms with Gasteiger partial charge >= 0.3 is 0 Å². The Morgan fingerprint density at radius 1 is 0.773 bits per heavy atom. The van der Waals surface area contributed by atoms with Crippen molar-refractivity contribution in [1.29, 1.82) is 0 Å². The summed E-state index contributed by atoms with van der Waals surface area (Å²) < 4.78 is 0. The van der Waals surface area contributed by atoms with E-state index in [1.807, 2.05) is 0 Å². The molecule has 126 valence electrons. The molecule has 0 atom stereocenters. The lowest BCUT2D eigenvalue weighted by atomic mass is 10.2. The van der Waals surface area contributed by atoms with E-state index in [2.05, 4.69) is 56.8 Å². The van der Waals surface area contributed by atoms with Crippen molar-refractivity contribution in [3.63, 3.8) is 0 Å². The third-order valence-electron chi connectivity index (χ3n) is 3.88. The Balaban J connectivity index is 2.42. The Morgan fingerprint density at radius 3 is 1.86 bits per heavy atom. The van der Waals surface area contributed by atoms with Crippen molar-refractivity contribution >= 4 is 22.7 Å². The van der Waals surface area contributed by atoms with Crippen LogP contribution in [0.25, 0.3) is 0 Å². The summed E-state index contributed by atoms with van der Waals surface area (Å²) >= 11 is 2.07. The van der Waals surface area contributed by atoms with Crippen LogP contribution in [-0.4, -0.2) is 17.3 Å². The van der Waals surface area contributed by atoms with Gasteiger partial charge in [-0.1, -0.05) is 64.3 Å². The Hall–Kier alpha value is -0.0800. The highest BCUT2D eigenvalue weighted by Gasteiger charge is 2.17. The zero-order chi connectivity index (χ0) is 16.0. The van der Waals surface area contributed by atoms with E-state index in [4.69, 9.17) is 0 Å². The van der Waals surface area contributed by atoms with Crippen molar-refractivity contribution < 1.29 is 0 Å². The van der Waals surface area contributed by atoms with Gasteiger partial charge in [0.1, 0.15) is 17.3 Å². The summed E-state index contributed by atoms with van der Waals surface area (Å²) in [5.41, 5.74) is 3.05. The van der Waals surface area contributed by atoms with Crippen molar-refractivity contribution in [3.8, 4) is 0 Å². The van der Waals surface area contributed by atoms with Crippen LogP contribution in [0.1, 0.15) is 70.4 Å². The summed E-state index contributed by atoms with van der Waals surface area (Å²) in [4.78, 5) is 0. The highest BCUT2D eigenvalue weighted by atomic mass is 32.2. The topological polar surface area (TPSA) is 0 Å². The summed E-state index contributed by atoms with van der Waals surface area (Å²) in [6.07, 6.45) is 8.13. The smallest absolute Gasteiger partial charge is 0.133 e. The van der Waals surface area contributed by atoms with Gasteiger partial charge < -0.3 is 0 Å². The monoisotopic (exact) mass is 339 g/mol. The molecular weight excluding hydrogens is 304 g/mol. The standard InChI is InChI=1S/C20H35S2/c1-4-7-14-21-17-19-10-12-20(13-11-19)18-22(15-8-5-2)16-9-6-3/h10-13H,4-9,14-18H2,1-3H3/q+1. The Kier molecular flexibility index (Phi) is 12.1. The van der Waals surface area contributed by atoms with Crippen LogP contribution in [-0.2, 0) is 22.4 Å². The van der Waals surface area contributed by atoms with E-state index in [9.17, 15) is 0 Å². The van der Waals surface area contributed by atoms with E-state index in [1.54, 1.807) is 5.56 Å². The van der Waals surface area contributed by atoms with E-state index in [-0.39, 0.29) is 0 Å². The zero-order valence-corrected chi connectivity index (χ0v) is 16.5. The fourth-order valence-electron chi connectivity index (χ4n) is 2.35. The second kappa shape index (κ2) is 13.4. The predicted octanol–water partition coefficient (Wildman–Crippen LogP) is 6.44. The van der Waals surface area contributed by atoms with Crippen molar-refractivity contribution in [2.75, 3.05) is 17.3 Å². The maximum atomic E-state index is 2.38. The second-order valence-electron chi connectivity index (χ2n) is 6.09. The Bertz CT molecular complexity index is 350. The molecule has 22 heavy (non-hydrogen) atoms. The molecule has 0 fully saturated rings. The van der Waals surface area contributed by atoms with Gasteiger partial charge in [0.15, 0.2) is 0 Å². The number of hydrogen-bond donors (Lipinski definition) is 0. The van der Waals surface area contributed by atoms with Crippen LogP contribution in [0.4, 0.5) is 0 Å². The van der Waals surface area contributed by atoms with Crippen LogP contribution in [0, 0.1) is 0 Å². The molecule has 0 aliphatic heterocycles. The first kappa shape index (κ1) is 20.0. The highest BCUT2D eigenvalue weighted by molar-refractivity contribution is 7.98. The molecule has 0 unspecified atom stereocenters. The molecule has 0 saturated carbocycles. The minimum absolute atomic E-state index is 0.605. The van der Waals surface area contributed by atoms with Gasteiger partial charge in [-0.3, -0.25) is 0 Å². The van der Waals surface area contributed by atoms with Gasteiger partial charge in [-0.05, 0) is 41.5 Å². The van der Waals surface area contributed by atoms with E-state index < -0.39 is 0 Å². The third kappa shape index (κ3) is 9.15.